The SMILES string of the molecule is CC(C)=CCCc1cc(O)c2c(c1O)C(=O)C=CC2=O. The molecular weight excluding hydrogens is 256 g/mol. The summed E-state index contributed by atoms with van der Waals surface area (Å²) in [6, 6.07) is 1.36. The second-order valence-corrected chi connectivity index (χ2v) is 5.04. The van der Waals surface area contributed by atoms with E-state index in [0.717, 1.165) is 17.7 Å². The molecule has 0 aliphatic heterocycles. The zero-order valence-corrected chi connectivity index (χ0v) is 11.4. The van der Waals surface area contributed by atoms with Crippen LogP contribution in [0.15, 0.2) is 29.9 Å². The van der Waals surface area contributed by atoms with Crippen molar-refractivity contribution in [2.45, 2.75) is 26.7 Å². The molecule has 0 aromatic heterocycles. The van der Waals surface area contributed by atoms with Gasteiger partial charge in [-0.1, -0.05) is 11.6 Å². The van der Waals surface area contributed by atoms with Crippen LogP contribution in [0.2, 0.25) is 0 Å². The Bertz CT molecular complexity index is 647. The highest BCUT2D eigenvalue weighted by molar-refractivity contribution is 6.24. The van der Waals surface area contributed by atoms with Crippen LogP contribution in [0.1, 0.15) is 46.5 Å². The standard InChI is InChI=1S/C16H16O4/c1-9(2)4-3-5-10-8-13(19)14-11(17)6-7-12(18)15(14)16(10)20/h4,6-8,19-20H,3,5H2,1-2H3. The second-order valence-electron chi connectivity index (χ2n) is 5.04. The maximum absolute atomic E-state index is 11.8. The Morgan fingerprint density at radius 1 is 1.10 bits per heavy atom. The number of carbonyl (C=O) groups is 2. The molecule has 2 rings (SSSR count). The molecule has 0 spiro atoms. The summed E-state index contributed by atoms with van der Waals surface area (Å²) in [5.74, 6) is -1.39. The first-order valence-electron chi connectivity index (χ1n) is 6.39. The van der Waals surface area contributed by atoms with E-state index >= 15 is 0 Å². The fraction of sp³-hybridized carbons (Fsp3) is 0.250. The molecule has 4 nitrogen and oxygen atoms in total. The Kier molecular flexibility index (Phi) is 3.74. The van der Waals surface area contributed by atoms with Gasteiger partial charge < -0.3 is 10.2 Å². The zero-order chi connectivity index (χ0) is 14.9. The first-order valence-corrected chi connectivity index (χ1v) is 6.39. The van der Waals surface area contributed by atoms with E-state index in [1.54, 1.807) is 0 Å². The van der Waals surface area contributed by atoms with Crippen molar-refractivity contribution in [2.24, 2.45) is 0 Å². The maximum Gasteiger partial charge on any atom is 0.190 e. The number of aryl methyl sites for hydroxylation is 1. The molecule has 0 saturated carbocycles. The predicted octanol–water partition coefficient (Wildman–Crippen LogP) is 2.93. The highest BCUT2D eigenvalue weighted by Crippen LogP contribution is 2.36. The van der Waals surface area contributed by atoms with Gasteiger partial charge in [0.15, 0.2) is 11.6 Å². The normalized spacial score (nSPS) is 13.3. The molecule has 0 heterocycles. The Hall–Kier alpha value is -2.36. The number of fused-ring (bicyclic) bond motifs is 1. The molecular formula is C16H16O4. The van der Waals surface area contributed by atoms with Gasteiger partial charge in [0.1, 0.15) is 11.5 Å². The van der Waals surface area contributed by atoms with E-state index in [0.29, 0.717) is 18.4 Å². The molecule has 1 aliphatic rings. The lowest BCUT2D eigenvalue weighted by molar-refractivity contribution is 0.0989. The van der Waals surface area contributed by atoms with Crippen molar-refractivity contribution in [3.05, 3.63) is 46.6 Å². The topological polar surface area (TPSA) is 74.6 Å². The second kappa shape index (κ2) is 5.33. The quantitative estimate of drug-likeness (QED) is 0.655. The maximum atomic E-state index is 11.8. The summed E-state index contributed by atoms with van der Waals surface area (Å²) in [5.41, 5.74) is 1.42. The van der Waals surface area contributed by atoms with Crippen molar-refractivity contribution in [1.82, 2.24) is 0 Å². The minimum Gasteiger partial charge on any atom is -0.507 e. The number of hydrogen-bond donors (Lipinski definition) is 2. The average Bonchev–Trinajstić information content (AvgIpc) is 2.37. The Morgan fingerprint density at radius 3 is 2.30 bits per heavy atom. The molecule has 1 aliphatic carbocycles. The number of phenols is 2. The van der Waals surface area contributed by atoms with Gasteiger partial charge in [0, 0.05) is 0 Å². The molecule has 104 valence electrons. The molecule has 0 radical (unpaired) electrons. The van der Waals surface area contributed by atoms with Gasteiger partial charge in [0.25, 0.3) is 0 Å². The van der Waals surface area contributed by atoms with Gasteiger partial charge in [-0.3, -0.25) is 9.59 Å². The van der Waals surface area contributed by atoms with Crippen molar-refractivity contribution < 1.29 is 19.8 Å². The van der Waals surface area contributed by atoms with Crippen molar-refractivity contribution in [3.8, 4) is 11.5 Å². The summed E-state index contributed by atoms with van der Waals surface area (Å²) in [5, 5.41) is 20.1. The summed E-state index contributed by atoms with van der Waals surface area (Å²) in [4.78, 5) is 23.5. The Morgan fingerprint density at radius 2 is 1.70 bits per heavy atom. The average molecular weight is 272 g/mol. The summed E-state index contributed by atoms with van der Waals surface area (Å²) in [6.07, 6.45) is 5.40. The summed E-state index contributed by atoms with van der Waals surface area (Å²) in [6.45, 7) is 3.94. The van der Waals surface area contributed by atoms with Crippen molar-refractivity contribution in [3.63, 3.8) is 0 Å². The number of benzene rings is 1. The van der Waals surface area contributed by atoms with E-state index in [2.05, 4.69) is 0 Å². The molecule has 0 amide bonds. The molecule has 0 fully saturated rings. The Labute approximate surface area is 117 Å². The third kappa shape index (κ3) is 2.50. The molecule has 20 heavy (non-hydrogen) atoms. The lowest BCUT2D eigenvalue weighted by Gasteiger charge is -2.15. The third-order valence-electron chi connectivity index (χ3n) is 3.20. The number of carbonyl (C=O) groups excluding carboxylic acids is 2. The largest absolute Gasteiger partial charge is 0.507 e. The number of aromatic hydroxyl groups is 2. The van der Waals surface area contributed by atoms with Gasteiger partial charge in [0.2, 0.25) is 0 Å². The Balaban J connectivity index is 2.46. The van der Waals surface area contributed by atoms with Crippen LogP contribution in [0, 0.1) is 0 Å². The number of allylic oxidation sites excluding steroid dienone is 4. The third-order valence-corrected chi connectivity index (χ3v) is 3.20. The van der Waals surface area contributed by atoms with Crippen LogP contribution < -0.4 is 0 Å². The van der Waals surface area contributed by atoms with Crippen LogP contribution >= 0.6 is 0 Å². The number of hydrogen-bond acceptors (Lipinski definition) is 4. The summed E-state index contributed by atoms with van der Waals surface area (Å²) in [7, 11) is 0. The van der Waals surface area contributed by atoms with E-state index in [9.17, 15) is 19.8 Å². The van der Waals surface area contributed by atoms with E-state index in [1.165, 1.54) is 6.07 Å². The van der Waals surface area contributed by atoms with Crippen molar-refractivity contribution >= 4 is 11.6 Å². The molecule has 0 atom stereocenters. The van der Waals surface area contributed by atoms with Crippen LogP contribution in [0.25, 0.3) is 0 Å². The highest BCUT2D eigenvalue weighted by atomic mass is 16.3. The number of rotatable bonds is 3. The monoisotopic (exact) mass is 272 g/mol. The summed E-state index contributed by atoms with van der Waals surface area (Å²) >= 11 is 0. The molecule has 0 bridgehead atoms. The van der Waals surface area contributed by atoms with Crippen LogP contribution in [0.3, 0.4) is 0 Å². The van der Waals surface area contributed by atoms with Gasteiger partial charge in [-0.2, -0.15) is 0 Å². The van der Waals surface area contributed by atoms with E-state index in [-0.39, 0.29) is 22.6 Å². The molecule has 0 unspecified atom stereocenters. The predicted molar refractivity (Wildman–Crippen MR) is 75.3 cm³/mol. The van der Waals surface area contributed by atoms with E-state index in [4.69, 9.17) is 0 Å². The van der Waals surface area contributed by atoms with Gasteiger partial charge in [-0.15, -0.1) is 0 Å². The van der Waals surface area contributed by atoms with Crippen LogP contribution in [-0.2, 0) is 6.42 Å². The fourth-order valence-corrected chi connectivity index (χ4v) is 2.23. The van der Waals surface area contributed by atoms with E-state index in [1.807, 2.05) is 19.9 Å². The first-order chi connectivity index (χ1) is 9.41. The van der Waals surface area contributed by atoms with E-state index < -0.39 is 11.6 Å². The van der Waals surface area contributed by atoms with Crippen LogP contribution in [0.4, 0.5) is 0 Å². The minimum absolute atomic E-state index is 0.0929. The van der Waals surface area contributed by atoms with Crippen molar-refractivity contribution in [1.29, 1.82) is 0 Å². The lowest BCUT2D eigenvalue weighted by atomic mass is 9.89. The molecule has 0 saturated heterocycles. The highest BCUT2D eigenvalue weighted by Gasteiger charge is 2.27. The van der Waals surface area contributed by atoms with Gasteiger partial charge in [-0.05, 0) is 50.5 Å². The molecule has 4 heteroatoms. The molecule has 2 N–H and O–H groups in total. The zero-order valence-electron chi connectivity index (χ0n) is 11.4. The van der Waals surface area contributed by atoms with Crippen LogP contribution in [-0.4, -0.2) is 21.8 Å². The number of ketones is 2. The number of phenolic OH excluding ortho intramolecular Hbond substituents is 2. The van der Waals surface area contributed by atoms with Crippen molar-refractivity contribution in [2.75, 3.05) is 0 Å². The lowest BCUT2D eigenvalue weighted by Crippen LogP contribution is -2.13. The molecule has 1 aromatic rings. The van der Waals surface area contributed by atoms with Gasteiger partial charge >= 0.3 is 0 Å². The fourth-order valence-electron chi connectivity index (χ4n) is 2.23. The smallest absolute Gasteiger partial charge is 0.190 e. The first kappa shape index (κ1) is 14.1. The van der Waals surface area contributed by atoms with Crippen LogP contribution in [0.5, 0.6) is 11.5 Å². The molecule has 1 aromatic carbocycles. The summed E-state index contributed by atoms with van der Waals surface area (Å²) < 4.78 is 0. The minimum atomic E-state index is -0.469. The van der Waals surface area contributed by atoms with Gasteiger partial charge in [0.05, 0.1) is 11.1 Å². The van der Waals surface area contributed by atoms with Gasteiger partial charge in [-0.25, -0.2) is 0 Å².